The number of rotatable bonds is 2. The number of hydrogen-bond acceptors (Lipinski definition) is 5. The summed E-state index contributed by atoms with van der Waals surface area (Å²) in [7, 11) is 0. The van der Waals surface area contributed by atoms with Gasteiger partial charge in [-0.05, 0) is 24.8 Å². The monoisotopic (exact) mass is 313 g/mol. The summed E-state index contributed by atoms with van der Waals surface area (Å²) >= 11 is 0. The highest BCUT2D eigenvalue weighted by Gasteiger charge is 2.21. The van der Waals surface area contributed by atoms with Crippen LogP contribution in [0.5, 0.6) is 0 Å². The van der Waals surface area contributed by atoms with Gasteiger partial charge in [-0.15, -0.1) is 0 Å². The van der Waals surface area contributed by atoms with E-state index < -0.39 is 11.2 Å². The third-order valence-corrected chi connectivity index (χ3v) is 4.14. The minimum Gasteiger partial charge on any atom is -0.381 e. The first-order valence-corrected chi connectivity index (χ1v) is 7.47. The summed E-state index contributed by atoms with van der Waals surface area (Å²) in [6.07, 6.45) is 6.65. The lowest BCUT2D eigenvalue weighted by Crippen LogP contribution is -2.23. The number of aromatic amines is 2. The largest absolute Gasteiger partial charge is 0.381 e. The molecule has 118 valence electrons. The van der Waals surface area contributed by atoms with Crippen LogP contribution < -0.4 is 11.2 Å². The van der Waals surface area contributed by atoms with Crippen LogP contribution in [-0.2, 0) is 4.74 Å². The van der Waals surface area contributed by atoms with E-state index in [1.54, 1.807) is 16.9 Å². The molecule has 0 bridgehead atoms. The van der Waals surface area contributed by atoms with Crippen molar-refractivity contribution in [2.24, 2.45) is 0 Å². The molecule has 23 heavy (non-hydrogen) atoms. The lowest BCUT2D eigenvalue weighted by atomic mass is 9.92. The number of hydrogen-bond donors (Lipinski definition) is 2. The van der Waals surface area contributed by atoms with Crippen LogP contribution in [0.1, 0.15) is 24.3 Å². The first kappa shape index (κ1) is 13.9. The highest BCUT2D eigenvalue weighted by Crippen LogP contribution is 2.31. The Bertz CT molecular complexity index is 965. The molecule has 0 atom stereocenters. The molecule has 0 amide bonds. The SMILES string of the molecule is O=c1[nH]cc(-c2cc(C3CCOCC3)c3nccn3n2)c(=O)[nH]1. The summed E-state index contributed by atoms with van der Waals surface area (Å²) < 4.78 is 7.10. The third kappa shape index (κ3) is 2.46. The number of fused-ring (bicyclic) bond motifs is 1. The first-order valence-electron chi connectivity index (χ1n) is 7.47. The number of nitrogens with zero attached hydrogens (tertiary/aromatic N) is 3. The molecule has 3 aromatic rings. The van der Waals surface area contributed by atoms with Crippen molar-refractivity contribution in [3.8, 4) is 11.3 Å². The number of H-pyrrole nitrogens is 2. The van der Waals surface area contributed by atoms with E-state index in [0.29, 0.717) is 30.4 Å². The predicted octanol–water partition coefficient (Wildman–Crippen LogP) is 0.667. The van der Waals surface area contributed by atoms with Gasteiger partial charge in [-0.1, -0.05) is 0 Å². The van der Waals surface area contributed by atoms with Crippen molar-refractivity contribution in [1.29, 1.82) is 0 Å². The van der Waals surface area contributed by atoms with Gasteiger partial charge < -0.3 is 9.72 Å². The van der Waals surface area contributed by atoms with Crippen LogP contribution in [-0.4, -0.2) is 37.8 Å². The summed E-state index contributed by atoms with van der Waals surface area (Å²) in [4.78, 5) is 32.3. The van der Waals surface area contributed by atoms with E-state index in [4.69, 9.17) is 4.74 Å². The lowest BCUT2D eigenvalue weighted by Gasteiger charge is -2.23. The van der Waals surface area contributed by atoms with Crippen LogP contribution in [0.4, 0.5) is 0 Å². The van der Waals surface area contributed by atoms with Crippen molar-refractivity contribution in [3.63, 3.8) is 0 Å². The minimum absolute atomic E-state index is 0.317. The van der Waals surface area contributed by atoms with Crippen molar-refractivity contribution < 1.29 is 4.74 Å². The number of aromatic nitrogens is 5. The quantitative estimate of drug-likeness (QED) is 0.723. The van der Waals surface area contributed by atoms with Crippen molar-refractivity contribution in [2.45, 2.75) is 18.8 Å². The zero-order valence-corrected chi connectivity index (χ0v) is 12.3. The average Bonchev–Trinajstić information content (AvgIpc) is 3.03. The van der Waals surface area contributed by atoms with Gasteiger partial charge in [-0.2, -0.15) is 5.10 Å². The van der Waals surface area contributed by atoms with Gasteiger partial charge in [0.1, 0.15) is 0 Å². The second kappa shape index (κ2) is 5.47. The van der Waals surface area contributed by atoms with Gasteiger partial charge in [0.15, 0.2) is 5.65 Å². The zero-order valence-electron chi connectivity index (χ0n) is 12.3. The molecule has 2 N–H and O–H groups in total. The van der Waals surface area contributed by atoms with E-state index in [9.17, 15) is 9.59 Å². The molecular weight excluding hydrogens is 298 g/mol. The molecule has 0 saturated carbocycles. The molecule has 3 aromatic heterocycles. The van der Waals surface area contributed by atoms with Crippen molar-refractivity contribution in [1.82, 2.24) is 24.6 Å². The van der Waals surface area contributed by atoms with E-state index in [2.05, 4.69) is 20.1 Å². The fourth-order valence-electron chi connectivity index (χ4n) is 2.98. The van der Waals surface area contributed by atoms with E-state index in [0.717, 1.165) is 24.1 Å². The molecule has 0 radical (unpaired) electrons. The fraction of sp³-hybridized carbons (Fsp3) is 0.333. The van der Waals surface area contributed by atoms with E-state index in [1.807, 2.05) is 6.07 Å². The molecule has 1 aliphatic rings. The molecule has 1 fully saturated rings. The molecule has 0 aliphatic carbocycles. The lowest BCUT2D eigenvalue weighted by molar-refractivity contribution is 0.0855. The smallest absolute Gasteiger partial charge is 0.325 e. The van der Waals surface area contributed by atoms with E-state index >= 15 is 0 Å². The Labute approximate surface area is 130 Å². The van der Waals surface area contributed by atoms with Crippen LogP contribution in [0.3, 0.4) is 0 Å². The van der Waals surface area contributed by atoms with Gasteiger partial charge in [0, 0.05) is 37.4 Å². The van der Waals surface area contributed by atoms with E-state index in [-0.39, 0.29) is 0 Å². The Morgan fingerprint density at radius 2 is 2.09 bits per heavy atom. The Balaban J connectivity index is 1.90. The molecular formula is C15H15N5O3. The maximum atomic E-state index is 12.0. The molecule has 4 rings (SSSR count). The Morgan fingerprint density at radius 1 is 1.26 bits per heavy atom. The molecule has 8 heteroatoms. The molecule has 4 heterocycles. The molecule has 1 aliphatic heterocycles. The Hall–Kier alpha value is -2.74. The van der Waals surface area contributed by atoms with Gasteiger partial charge >= 0.3 is 5.69 Å². The second-order valence-corrected chi connectivity index (χ2v) is 5.55. The van der Waals surface area contributed by atoms with Gasteiger partial charge in [-0.25, -0.2) is 14.3 Å². The van der Waals surface area contributed by atoms with Gasteiger partial charge in [-0.3, -0.25) is 9.78 Å². The molecule has 0 aromatic carbocycles. The third-order valence-electron chi connectivity index (χ3n) is 4.14. The fourth-order valence-corrected chi connectivity index (χ4v) is 2.98. The van der Waals surface area contributed by atoms with Crippen LogP contribution in [0.2, 0.25) is 0 Å². The normalized spacial score (nSPS) is 16.0. The second-order valence-electron chi connectivity index (χ2n) is 5.55. The van der Waals surface area contributed by atoms with Crippen molar-refractivity contribution in [2.75, 3.05) is 13.2 Å². The van der Waals surface area contributed by atoms with Gasteiger partial charge in [0.05, 0.1) is 11.3 Å². The van der Waals surface area contributed by atoms with Crippen LogP contribution in [0.15, 0.2) is 34.2 Å². The highest BCUT2D eigenvalue weighted by atomic mass is 16.5. The molecule has 0 spiro atoms. The molecule has 1 saturated heterocycles. The van der Waals surface area contributed by atoms with Crippen LogP contribution >= 0.6 is 0 Å². The highest BCUT2D eigenvalue weighted by molar-refractivity contribution is 5.62. The molecule has 8 nitrogen and oxygen atoms in total. The minimum atomic E-state index is -0.535. The Kier molecular flexibility index (Phi) is 3.30. The van der Waals surface area contributed by atoms with Crippen LogP contribution in [0, 0.1) is 0 Å². The summed E-state index contributed by atoms with van der Waals surface area (Å²) in [6.45, 7) is 1.43. The maximum absolute atomic E-state index is 12.0. The predicted molar refractivity (Wildman–Crippen MR) is 82.5 cm³/mol. The number of ether oxygens (including phenoxy) is 1. The maximum Gasteiger partial charge on any atom is 0.325 e. The number of imidazole rings is 1. The Morgan fingerprint density at radius 3 is 2.87 bits per heavy atom. The van der Waals surface area contributed by atoms with Gasteiger partial charge in [0.2, 0.25) is 0 Å². The summed E-state index contributed by atoms with van der Waals surface area (Å²) in [5.41, 5.74) is 1.68. The van der Waals surface area contributed by atoms with Crippen LogP contribution in [0.25, 0.3) is 16.9 Å². The summed E-state index contributed by atoms with van der Waals surface area (Å²) in [6, 6.07) is 1.89. The van der Waals surface area contributed by atoms with Gasteiger partial charge in [0.25, 0.3) is 5.56 Å². The van der Waals surface area contributed by atoms with Crippen molar-refractivity contribution >= 4 is 5.65 Å². The summed E-state index contributed by atoms with van der Waals surface area (Å²) in [5, 5.41) is 4.43. The van der Waals surface area contributed by atoms with E-state index in [1.165, 1.54) is 6.20 Å². The van der Waals surface area contributed by atoms with Crippen molar-refractivity contribution in [3.05, 3.63) is 51.1 Å². The summed E-state index contributed by atoms with van der Waals surface area (Å²) in [5.74, 6) is 0.317. The first-order chi connectivity index (χ1) is 11.2. The number of nitrogens with one attached hydrogen (secondary N) is 2. The topological polar surface area (TPSA) is 105 Å². The standard InChI is InChI=1S/C15H15N5O3/c21-14-11(8-17-15(22)18-14)12-7-10(9-1-5-23-6-2-9)13-16-3-4-20(13)19-12/h3-4,7-9H,1-2,5-6H2,(H2,17,18,21,22). The zero-order chi connectivity index (χ0) is 15.8. The molecule has 0 unspecified atom stereocenters. The average molecular weight is 313 g/mol.